The number of benzene rings is 2. The van der Waals surface area contributed by atoms with Crippen LogP contribution in [0.15, 0.2) is 48.5 Å². The first-order chi connectivity index (χ1) is 12.9. The lowest BCUT2D eigenvalue weighted by Crippen LogP contribution is -2.32. The minimum absolute atomic E-state index is 0.0212. The number of likely N-dealkylation sites (N-methyl/N-ethyl adjacent to an activating group) is 1. The molecule has 4 nitrogen and oxygen atoms in total. The summed E-state index contributed by atoms with van der Waals surface area (Å²) in [5.41, 5.74) is 2.59. The predicted molar refractivity (Wildman–Crippen MR) is 108 cm³/mol. The van der Waals surface area contributed by atoms with Crippen LogP contribution in [0.3, 0.4) is 0 Å². The molecule has 0 heterocycles. The first-order valence-electron chi connectivity index (χ1n) is 9.50. The quantitative estimate of drug-likeness (QED) is 0.614. The van der Waals surface area contributed by atoms with Gasteiger partial charge in [-0.3, -0.25) is 9.59 Å². The molecule has 0 N–H and O–H groups in total. The van der Waals surface area contributed by atoms with E-state index in [-0.39, 0.29) is 18.1 Å². The van der Waals surface area contributed by atoms with Gasteiger partial charge in [0, 0.05) is 19.0 Å². The molecule has 2 aromatic carbocycles. The van der Waals surface area contributed by atoms with Gasteiger partial charge < -0.3 is 9.64 Å². The molecule has 4 heteroatoms. The smallest absolute Gasteiger partial charge is 0.226 e. The number of carbonyl (C=O) groups is 2. The van der Waals surface area contributed by atoms with Crippen molar-refractivity contribution in [1.29, 1.82) is 0 Å². The molecule has 2 rings (SSSR count). The molecule has 144 valence electrons. The summed E-state index contributed by atoms with van der Waals surface area (Å²) in [7, 11) is 1.77. The Morgan fingerprint density at radius 3 is 2.41 bits per heavy atom. The number of rotatable bonds is 9. The number of hydrogen-bond acceptors (Lipinski definition) is 3. The number of carbonyl (C=O) groups excluding carboxylic acids is 2. The molecule has 0 unspecified atom stereocenters. The lowest BCUT2D eigenvalue weighted by atomic mass is 9.99. The van der Waals surface area contributed by atoms with E-state index in [1.807, 2.05) is 43.3 Å². The Balaban J connectivity index is 1.93. The summed E-state index contributed by atoms with van der Waals surface area (Å²) in [5, 5.41) is 0. The molecular weight excluding hydrogens is 338 g/mol. The van der Waals surface area contributed by atoms with Gasteiger partial charge in [0.15, 0.2) is 5.78 Å². The van der Waals surface area contributed by atoms with Gasteiger partial charge in [-0.25, -0.2) is 0 Å². The van der Waals surface area contributed by atoms with E-state index in [4.69, 9.17) is 4.74 Å². The number of nitrogens with zero attached hydrogens (tertiary/aromatic N) is 1. The fraction of sp³-hybridized carbons (Fsp3) is 0.391. The molecule has 0 spiro atoms. The maximum Gasteiger partial charge on any atom is 0.226 e. The van der Waals surface area contributed by atoms with Crippen LogP contribution in [0.4, 0.5) is 0 Å². The van der Waals surface area contributed by atoms with Crippen LogP contribution in [0, 0.1) is 0 Å². The molecule has 0 aromatic heterocycles. The minimum Gasteiger partial charge on any atom is -0.491 e. The average molecular weight is 367 g/mol. The second-order valence-electron chi connectivity index (χ2n) is 6.97. The molecule has 0 atom stereocenters. The SMILES string of the molecule is CCC(=O)c1ccccc1CC(=O)N(C)CCOc1ccccc1C(C)C. The highest BCUT2D eigenvalue weighted by Crippen LogP contribution is 2.25. The normalized spacial score (nSPS) is 10.7. The van der Waals surface area contributed by atoms with E-state index in [0.29, 0.717) is 31.1 Å². The highest BCUT2D eigenvalue weighted by Gasteiger charge is 2.15. The van der Waals surface area contributed by atoms with Gasteiger partial charge in [0.2, 0.25) is 5.91 Å². The Kier molecular flexibility index (Phi) is 7.59. The van der Waals surface area contributed by atoms with Crippen LogP contribution in [-0.4, -0.2) is 36.8 Å². The number of hydrogen-bond donors (Lipinski definition) is 0. The van der Waals surface area contributed by atoms with Crippen molar-refractivity contribution in [2.75, 3.05) is 20.2 Å². The van der Waals surface area contributed by atoms with Crippen molar-refractivity contribution < 1.29 is 14.3 Å². The predicted octanol–water partition coefficient (Wildman–Crippen LogP) is 4.48. The largest absolute Gasteiger partial charge is 0.491 e. The van der Waals surface area contributed by atoms with Crippen molar-refractivity contribution in [3.8, 4) is 5.75 Å². The third kappa shape index (κ3) is 5.68. The number of ether oxygens (including phenoxy) is 1. The van der Waals surface area contributed by atoms with E-state index in [1.165, 1.54) is 5.56 Å². The molecular formula is C23H29NO3. The molecule has 27 heavy (non-hydrogen) atoms. The van der Waals surface area contributed by atoms with Crippen LogP contribution in [0.1, 0.15) is 54.6 Å². The number of amides is 1. The van der Waals surface area contributed by atoms with Gasteiger partial charge in [-0.2, -0.15) is 0 Å². The molecule has 2 aromatic rings. The Labute approximate surface area is 162 Å². The first-order valence-corrected chi connectivity index (χ1v) is 9.50. The van der Waals surface area contributed by atoms with Crippen molar-refractivity contribution in [2.24, 2.45) is 0 Å². The van der Waals surface area contributed by atoms with Crippen LogP contribution >= 0.6 is 0 Å². The fourth-order valence-corrected chi connectivity index (χ4v) is 2.94. The molecule has 0 aliphatic carbocycles. The molecule has 0 saturated heterocycles. The number of Topliss-reactive ketones (excluding diaryl/α,β-unsaturated/α-hetero) is 1. The maximum atomic E-state index is 12.6. The monoisotopic (exact) mass is 367 g/mol. The summed E-state index contributed by atoms with van der Waals surface area (Å²) in [6, 6.07) is 15.3. The van der Waals surface area contributed by atoms with Crippen molar-refractivity contribution in [1.82, 2.24) is 4.90 Å². The molecule has 0 aliphatic rings. The lowest BCUT2D eigenvalue weighted by Gasteiger charge is -2.19. The average Bonchev–Trinajstić information content (AvgIpc) is 2.67. The summed E-state index contributed by atoms with van der Waals surface area (Å²) >= 11 is 0. The van der Waals surface area contributed by atoms with Crippen LogP contribution in [0.25, 0.3) is 0 Å². The van der Waals surface area contributed by atoms with Crippen molar-refractivity contribution in [2.45, 2.75) is 39.5 Å². The molecule has 0 saturated carbocycles. The third-order valence-corrected chi connectivity index (χ3v) is 4.63. The van der Waals surface area contributed by atoms with Gasteiger partial charge in [-0.1, -0.05) is 63.2 Å². The van der Waals surface area contributed by atoms with Crippen LogP contribution in [-0.2, 0) is 11.2 Å². The van der Waals surface area contributed by atoms with Crippen LogP contribution < -0.4 is 4.74 Å². The molecule has 0 aliphatic heterocycles. The number of ketones is 1. The maximum absolute atomic E-state index is 12.6. The van der Waals surface area contributed by atoms with E-state index < -0.39 is 0 Å². The second kappa shape index (κ2) is 9.91. The lowest BCUT2D eigenvalue weighted by molar-refractivity contribution is -0.129. The topological polar surface area (TPSA) is 46.6 Å². The Bertz CT molecular complexity index is 783. The van der Waals surface area contributed by atoms with Crippen molar-refractivity contribution in [3.05, 3.63) is 65.2 Å². The van der Waals surface area contributed by atoms with E-state index in [2.05, 4.69) is 19.9 Å². The summed E-state index contributed by atoms with van der Waals surface area (Å²) in [4.78, 5) is 26.3. The first kappa shape index (κ1) is 20.7. The van der Waals surface area contributed by atoms with Gasteiger partial charge in [-0.05, 0) is 23.1 Å². The van der Waals surface area contributed by atoms with E-state index in [9.17, 15) is 9.59 Å². The van der Waals surface area contributed by atoms with Crippen LogP contribution in [0.5, 0.6) is 5.75 Å². The fourth-order valence-electron chi connectivity index (χ4n) is 2.94. The molecule has 0 radical (unpaired) electrons. The molecule has 1 amide bonds. The van der Waals surface area contributed by atoms with Crippen molar-refractivity contribution >= 4 is 11.7 Å². The zero-order valence-electron chi connectivity index (χ0n) is 16.7. The Hall–Kier alpha value is -2.62. The highest BCUT2D eigenvalue weighted by atomic mass is 16.5. The minimum atomic E-state index is -0.0212. The number of para-hydroxylation sites is 1. The zero-order chi connectivity index (χ0) is 19.8. The zero-order valence-corrected chi connectivity index (χ0v) is 16.7. The Morgan fingerprint density at radius 2 is 1.70 bits per heavy atom. The van der Waals surface area contributed by atoms with Crippen molar-refractivity contribution in [3.63, 3.8) is 0 Å². The molecule has 0 bridgehead atoms. The van der Waals surface area contributed by atoms with E-state index in [1.54, 1.807) is 18.0 Å². The summed E-state index contributed by atoms with van der Waals surface area (Å²) in [6.07, 6.45) is 0.658. The summed E-state index contributed by atoms with van der Waals surface area (Å²) in [5.74, 6) is 1.29. The second-order valence-corrected chi connectivity index (χ2v) is 6.97. The van der Waals surface area contributed by atoms with Crippen LogP contribution in [0.2, 0.25) is 0 Å². The van der Waals surface area contributed by atoms with Gasteiger partial charge in [-0.15, -0.1) is 0 Å². The van der Waals surface area contributed by atoms with Gasteiger partial charge >= 0.3 is 0 Å². The van der Waals surface area contributed by atoms with E-state index >= 15 is 0 Å². The van der Waals surface area contributed by atoms with E-state index in [0.717, 1.165) is 11.3 Å². The van der Waals surface area contributed by atoms with Gasteiger partial charge in [0.25, 0.3) is 0 Å². The van der Waals surface area contributed by atoms with Gasteiger partial charge in [0.1, 0.15) is 12.4 Å². The molecule has 0 fully saturated rings. The highest BCUT2D eigenvalue weighted by molar-refractivity contribution is 5.98. The standard InChI is InChI=1S/C23H29NO3/c1-5-21(25)20-12-7-6-10-18(20)16-23(26)24(4)14-15-27-22-13-9-8-11-19(22)17(2)3/h6-13,17H,5,14-16H2,1-4H3. The summed E-state index contributed by atoms with van der Waals surface area (Å²) in [6.45, 7) is 7.02. The third-order valence-electron chi connectivity index (χ3n) is 4.63. The van der Waals surface area contributed by atoms with Gasteiger partial charge in [0.05, 0.1) is 13.0 Å². The summed E-state index contributed by atoms with van der Waals surface area (Å²) < 4.78 is 5.90. The Morgan fingerprint density at radius 1 is 1.04 bits per heavy atom.